The number of nitrogens with zero attached hydrogens (tertiary/aromatic N) is 2. The van der Waals surface area contributed by atoms with Crippen LogP contribution in [0.5, 0.6) is 11.5 Å². The molecule has 1 unspecified atom stereocenters. The van der Waals surface area contributed by atoms with Gasteiger partial charge in [-0.25, -0.2) is 4.39 Å². The van der Waals surface area contributed by atoms with Crippen LogP contribution < -0.4 is 25.0 Å². The van der Waals surface area contributed by atoms with E-state index in [1.54, 1.807) is 12.1 Å². The highest BCUT2D eigenvalue weighted by atomic mass is 19.1. The molecule has 4 rings (SSSR count). The molecule has 164 valence electrons. The van der Waals surface area contributed by atoms with Crippen LogP contribution in [0.2, 0.25) is 0 Å². The number of rotatable bonds is 5. The Hall–Kier alpha value is -3.33. The maximum Gasteiger partial charge on any atom is 0.309 e. The fraction of sp³-hybridized carbons (Fsp3) is 0.364. The van der Waals surface area contributed by atoms with Crippen LogP contribution in [-0.4, -0.2) is 63.3 Å². The summed E-state index contributed by atoms with van der Waals surface area (Å²) in [5.74, 6) is -0.264. The molecule has 2 aromatic rings. The van der Waals surface area contributed by atoms with Gasteiger partial charge < -0.3 is 25.0 Å². The molecule has 2 aromatic carbocycles. The van der Waals surface area contributed by atoms with Crippen LogP contribution in [0.15, 0.2) is 42.5 Å². The number of fused-ring (bicyclic) bond motifs is 1. The smallest absolute Gasteiger partial charge is 0.309 e. The maximum atomic E-state index is 14.2. The lowest BCUT2D eigenvalue weighted by Gasteiger charge is -2.40. The van der Waals surface area contributed by atoms with Gasteiger partial charge in [-0.2, -0.15) is 0 Å². The number of halogens is 1. The van der Waals surface area contributed by atoms with Gasteiger partial charge in [0.05, 0.1) is 11.7 Å². The highest BCUT2D eigenvalue weighted by Gasteiger charge is 2.28. The van der Waals surface area contributed by atoms with E-state index < -0.39 is 11.8 Å². The van der Waals surface area contributed by atoms with Crippen LogP contribution in [0.3, 0.4) is 0 Å². The number of hydrogen-bond donors (Lipinski definition) is 2. The summed E-state index contributed by atoms with van der Waals surface area (Å²) in [5.41, 5.74) is 1.54. The van der Waals surface area contributed by atoms with Gasteiger partial charge in [-0.05, 0) is 29.8 Å². The number of ether oxygens (including phenoxy) is 2. The molecule has 0 bridgehead atoms. The molecule has 2 aliphatic rings. The standard InChI is InChI=1S/C22H25FN4O4/c1-24-21(28)22(29)25-13-18(15-6-7-19-20(12-15)31-14-30-19)27-10-8-26(9-11-27)17-5-3-2-4-16(17)23/h2-7,12,18H,8-11,13-14H2,1H3,(H,24,28)(H,25,29). The van der Waals surface area contributed by atoms with Gasteiger partial charge >= 0.3 is 11.8 Å². The van der Waals surface area contributed by atoms with Crippen molar-refractivity contribution in [1.82, 2.24) is 15.5 Å². The highest BCUT2D eigenvalue weighted by molar-refractivity contribution is 6.35. The maximum absolute atomic E-state index is 14.2. The molecule has 0 saturated carbocycles. The number of hydrogen-bond acceptors (Lipinski definition) is 6. The minimum atomic E-state index is -0.686. The minimum Gasteiger partial charge on any atom is -0.454 e. The Balaban J connectivity index is 1.50. The number of para-hydroxylation sites is 1. The number of carbonyl (C=O) groups is 2. The Bertz CT molecular complexity index is 962. The zero-order valence-electron chi connectivity index (χ0n) is 17.3. The first kappa shape index (κ1) is 20.9. The van der Waals surface area contributed by atoms with Crippen molar-refractivity contribution >= 4 is 17.5 Å². The molecule has 2 N–H and O–H groups in total. The number of nitrogens with one attached hydrogen (secondary N) is 2. The predicted molar refractivity (Wildman–Crippen MR) is 113 cm³/mol. The average molecular weight is 428 g/mol. The molecule has 2 amide bonds. The summed E-state index contributed by atoms with van der Waals surface area (Å²) in [6.45, 7) is 3.06. The summed E-state index contributed by atoms with van der Waals surface area (Å²) < 4.78 is 25.1. The second-order valence-corrected chi connectivity index (χ2v) is 7.39. The molecular formula is C22H25FN4O4. The number of piperazine rings is 1. The van der Waals surface area contributed by atoms with Crippen LogP contribution in [0, 0.1) is 5.82 Å². The van der Waals surface area contributed by atoms with E-state index in [1.165, 1.54) is 13.1 Å². The van der Waals surface area contributed by atoms with Gasteiger partial charge in [0, 0.05) is 39.8 Å². The van der Waals surface area contributed by atoms with E-state index in [0.717, 1.165) is 5.56 Å². The monoisotopic (exact) mass is 428 g/mol. The molecule has 1 atom stereocenters. The molecular weight excluding hydrogens is 403 g/mol. The molecule has 2 heterocycles. The van der Waals surface area contributed by atoms with E-state index in [1.807, 2.05) is 29.2 Å². The van der Waals surface area contributed by atoms with Crippen LogP contribution in [0.1, 0.15) is 11.6 Å². The van der Waals surface area contributed by atoms with Crippen molar-refractivity contribution in [3.8, 4) is 11.5 Å². The topological polar surface area (TPSA) is 83.1 Å². The number of benzene rings is 2. The van der Waals surface area contributed by atoms with E-state index >= 15 is 0 Å². The van der Waals surface area contributed by atoms with Crippen molar-refractivity contribution in [2.75, 3.05) is 51.5 Å². The first-order chi connectivity index (χ1) is 15.1. The molecule has 1 saturated heterocycles. The largest absolute Gasteiger partial charge is 0.454 e. The average Bonchev–Trinajstić information content (AvgIpc) is 3.27. The third-order valence-corrected chi connectivity index (χ3v) is 5.62. The SMILES string of the molecule is CNC(=O)C(=O)NCC(c1ccc2c(c1)OCO2)N1CCN(c2ccccc2F)CC1. The molecule has 0 radical (unpaired) electrons. The molecule has 0 spiro atoms. The van der Waals surface area contributed by atoms with Crippen LogP contribution >= 0.6 is 0 Å². The predicted octanol–water partition coefficient (Wildman–Crippen LogP) is 1.28. The van der Waals surface area contributed by atoms with E-state index in [4.69, 9.17) is 9.47 Å². The van der Waals surface area contributed by atoms with Gasteiger partial charge in [0.2, 0.25) is 6.79 Å². The van der Waals surface area contributed by atoms with E-state index in [9.17, 15) is 14.0 Å². The van der Waals surface area contributed by atoms with Crippen molar-refractivity contribution in [3.63, 3.8) is 0 Å². The highest BCUT2D eigenvalue weighted by Crippen LogP contribution is 2.35. The van der Waals surface area contributed by atoms with E-state index in [0.29, 0.717) is 43.4 Å². The van der Waals surface area contributed by atoms with Gasteiger partial charge in [-0.15, -0.1) is 0 Å². The molecule has 1 fully saturated rings. The zero-order valence-corrected chi connectivity index (χ0v) is 17.3. The Morgan fingerprint density at radius 2 is 1.77 bits per heavy atom. The van der Waals surface area contributed by atoms with Crippen molar-refractivity contribution in [2.24, 2.45) is 0 Å². The second kappa shape index (κ2) is 9.22. The Morgan fingerprint density at radius 1 is 1.03 bits per heavy atom. The zero-order chi connectivity index (χ0) is 21.8. The lowest BCUT2D eigenvalue weighted by Crippen LogP contribution is -2.50. The molecule has 8 nitrogen and oxygen atoms in total. The van der Waals surface area contributed by atoms with Gasteiger partial charge in [0.25, 0.3) is 0 Å². The number of amides is 2. The molecule has 0 aromatic heterocycles. The van der Waals surface area contributed by atoms with E-state index in [-0.39, 0.29) is 25.2 Å². The summed E-state index contributed by atoms with van der Waals surface area (Å²) >= 11 is 0. The lowest BCUT2D eigenvalue weighted by atomic mass is 10.0. The Labute approximate surface area is 179 Å². The first-order valence-electron chi connectivity index (χ1n) is 10.2. The van der Waals surface area contributed by atoms with Crippen LogP contribution in [0.4, 0.5) is 10.1 Å². The third-order valence-electron chi connectivity index (χ3n) is 5.62. The molecule has 2 aliphatic heterocycles. The van der Waals surface area contributed by atoms with E-state index in [2.05, 4.69) is 15.5 Å². The van der Waals surface area contributed by atoms with Crippen LogP contribution in [0.25, 0.3) is 0 Å². The number of anilines is 1. The normalized spacial score (nSPS) is 16.6. The van der Waals surface area contributed by atoms with Gasteiger partial charge in [0.1, 0.15) is 5.82 Å². The van der Waals surface area contributed by atoms with Crippen molar-refractivity contribution in [2.45, 2.75) is 6.04 Å². The number of carbonyl (C=O) groups excluding carboxylic acids is 2. The number of likely N-dealkylation sites (N-methyl/N-ethyl adjacent to an activating group) is 1. The van der Waals surface area contributed by atoms with Crippen LogP contribution in [-0.2, 0) is 9.59 Å². The summed E-state index contributed by atoms with van der Waals surface area (Å²) in [4.78, 5) is 27.9. The van der Waals surface area contributed by atoms with Gasteiger partial charge in [0.15, 0.2) is 11.5 Å². The van der Waals surface area contributed by atoms with Crippen molar-refractivity contribution < 1.29 is 23.5 Å². The third kappa shape index (κ3) is 4.56. The van der Waals surface area contributed by atoms with Crippen molar-refractivity contribution in [3.05, 3.63) is 53.8 Å². The summed E-state index contributed by atoms with van der Waals surface area (Å²) in [6, 6.07) is 12.3. The minimum absolute atomic E-state index is 0.175. The Morgan fingerprint density at radius 3 is 2.52 bits per heavy atom. The fourth-order valence-electron chi connectivity index (χ4n) is 3.94. The molecule has 9 heteroatoms. The quantitative estimate of drug-likeness (QED) is 0.699. The second-order valence-electron chi connectivity index (χ2n) is 7.39. The lowest BCUT2D eigenvalue weighted by molar-refractivity contribution is -0.139. The summed E-state index contributed by atoms with van der Waals surface area (Å²) in [6.07, 6.45) is 0. The molecule has 31 heavy (non-hydrogen) atoms. The first-order valence-corrected chi connectivity index (χ1v) is 10.2. The van der Waals surface area contributed by atoms with Crippen molar-refractivity contribution in [1.29, 1.82) is 0 Å². The fourth-order valence-corrected chi connectivity index (χ4v) is 3.94. The summed E-state index contributed by atoms with van der Waals surface area (Å²) in [5, 5.41) is 5.04. The molecule has 0 aliphatic carbocycles. The Kier molecular flexibility index (Phi) is 6.22. The van der Waals surface area contributed by atoms with Gasteiger partial charge in [-0.3, -0.25) is 14.5 Å². The summed E-state index contributed by atoms with van der Waals surface area (Å²) in [7, 11) is 1.42. The van der Waals surface area contributed by atoms with Gasteiger partial charge in [-0.1, -0.05) is 18.2 Å².